The molecule has 0 saturated heterocycles. The van der Waals surface area contributed by atoms with Gasteiger partial charge in [-0.2, -0.15) is 0 Å². The predicted molar refractivity (Wildman–Crippen MR) is 133 cm³/mol. The van der Waals surface area contributed by atoms with E-state index < -0.39 is 0 Å². The van der Waals surface area contributed by atoms with Gasteiger partial charge in [0.05, 0.1) is 5.76 Å². The second-order valence-electron chi connectivity index (χ2n) is 9.75. The molecule has 1 saturated carbocycles. The number of rotatable bonds is 9. The standard InChI is InChI=1S/C28H40N2O2/c1-21(2)24-10-8-11-25(20-24)28(16-5-4-6-17-28)29-18-15-26(30-22(3)31)19-23-9-7-12-27(32)14-13-23/h7-11,13-14,20-21,26,29,32H,4-6,12,15-19H2,1-3H3,(H,30,31). The molecule has 3 N–H and O–H groups in total. The number of carbonyl (C=O) groups is 1. The van der Waals surface area contributed by atoms with E-state index in [4.69, 9.17) is 0 Å². The number of hydrogen-bond acceptors (Lipinski definition) is 3. The van der Waals surface area contributed by atoms with Crippen LogP contribution in [0.3, 0.4) is 0 Å². The van der Waals surface area contributed by atoms with E-state index in [1.54, 1.807) is 13.0 Å². The van der Waals surface area contributed by atoms with Gasteiger partial charge in [0.15, 0.2) is 0 Å². The second kappa shape index (κ2) is 11.5. The van der Waals surface area contributed by atoms with E-state index in [-0.39, 0.29) is 17.5 Å². The van der Waals surface area contributed by atoms with Crippen molar-refractivity contribution in [2.24, 2.45) is 0 Å². The highest BCUT2D eigenvalue weighted by Gasteiger charge is 2.33. The van der Waals surface area contributed by atoms with Gasteiger partial charge in [0.1, 0.15) is 0 Å². The van der Waals surface area contributed by atoms with Crippen LogP contribution < -0.4 is 10.6 Å². The molecule has 1 fully saturated rings. The van der Waals surface area contributed by atoms with E-state index >= 15 is 0 Å². The number of aliphatic hydroxyl groups is 1. The largest absolute Gasteiger partial charge is 0.512 e. The van der Waals surface area contributed by atoms with Crippen LogP contribution >= 0.6 is 0 Å². The normalized spacial score (nSPS) is 19.1. The zero-order chi connectivity index (χ0) is 23.0. The van der Waals surface area contributed by atoms with Crippen molar-refractivity contribution in [2.75, 3.05) is 6.54 Å². The predicted octanol–water partition coefficient (Wildman–Crippen LogP) is 6.17. The Labute approximate surface area is 193 Å². The molecule has 4 heteroatoms. The maximum atomic E-state index is 11.8. The lowest BCUT2D eigenvalue weighted by Crippen LogP contribution is -2.46. The van der Waals surface area contributed by atoms with E-state index in [1.807, 2.05) is 12.2 Å². The molecule has 0 bridgehead atoms. The molecule has 3 rings (SSSR count). The maximum absolute atomic E-state index is 11.8. The summed E-state index contributed by atoms with van der Waals surface area (Å²) in [5.41, 5.74) is 3.97. The van der Waals surface area contributed by atoms with Gasteiger partial charge < -0.3 is 15.7 Å². The molecule has 2 aliphatic rings. The fourth-order valence-electron chi connectivity index (χ4n) is 5.00. The third-order valence-corrected chi connectivity index (χ3v) is 6.81. The summed E-state index contributed by atoms with van der Waals surface area (Å²) in [5.74, 6) is 0.898. The third-order valence-electron chi connectivity index (χ3n) is 6.81. The molecule has 1 aromatic carbocycles. The van der Waals surface area contributed by atoms with Gasteiger partial charge in [0, 0.05) is 24.9 Å². The Balaban J connectivity index is 1.70. The van der Waals surface area contributed by atoms with Crippen molar-refractivity contribution >= 4 is 5.91 Å². The van der Waals surface area contributed by atoms with Crippen LogP contribution in [-0.2, 0) is 10.3 Å². The molecule has 0 aliphatic heterocycles. The number of benzene rings is 1. The van der Waals surface area contributed by atoms with Crippen molar-refractivity contribution in [1.82, 2.24) is 10.6 Å². The first-order valence-electron chi connectivity index (χ1n) is 12.3. The molecule has 0 aromatic heterocycles. The summed E-state index contributed by atoms with van der Waals surface area (Å²) in [6.07, 6.45) is 16.1. The summed E-state index contributed by atoms with van der Waals surface area (Å²) in [7, 11) is 0. The number of nitrogens with one attached hydrogen (secondary N) is 2. The first kappa shape index (κ1) is 24.3. The molecule has 1 unspecified atom stereocenters. The number of aliphatic hydroxyl groups excluding tert-OH is 1. The Morgan fingerprint density at radius 3 is 2.66 bits per heavy atom. The maximum Gasteiger partial charge on any atom is 0.217 e. The van der Waals surface area contributed by atoms with Crippen LogP contribution in [-0.4, -0.2) is 23.6 Å². The number of amides is 1. The molecule has 1 atom stereocenters. The first-order chi connectivity index (χ1) is 15.4. The van der Waals surface area contributed by atoms with E-state index in [2.05, 4.69) is 54.8 Å². The molecule has 0 spiro atoms. The summed E-state index contributed by atoms with van der Waals surface area (Å²) < 4.78 is 0. The average molecular weight is 437 g/mol. The summed E-state index contributed by atoms with van der Waals surface area (Å²) in [5, 5.41) is 16.8. The molecule has 1 amide bonds. The fraction of sp³-hybridized carbons (Fsp3) is 0.536. The molecule has 174 valence electrons. The van der Waals surface area contributed by atoms with Crippen molar-refractivity contribution < 1.29 is 9.90 Å². The Morgan fingerprint density at radius 1 is 1.16 bits per heavy atom. The number of hydrogen-bond donors (Lipinski definition) is 3. The van der Waals surface area contributed by atoms with Gasteiger partial charge in [-0.1, -0.05) is 75.6 Å². The molecular formula is C28H40N2O2. The molecule has 2 aliphatic carbocycles. The minimum absolute atomic E-state index is 0.00334. The van der Waals surface area contributed by atoms with E-state index in [1.165, 1.54) is 30.4 Å². The summed E-state index contributed by atoms with van der Waals surface area (Å²) in [4.78, 5) is 11.8. The lowest BCUT2D eigenvalue weighted by Gasteiger charge is -2.40. The minimum Gasteiger partial charge on any atom is -0.512 e. The Hall–Kier alpha value is -2.33. The van der Waals surface area contributed by atoms with Crippen LogP contribution in [0.4, 0.5) is 0 Å². The smallest absolute Gasteiger partial charge is 0.217 e. The summed E-state index contributed by atoms with van der Waals surface area (Å²) in [6, 6.07) is 9.19. The quantitative estimate of drug-likeness (QED) is 0.434. The Kier molecular flexibility index (Phi) is 8.75. The van der Waals surface area contributed by atoms with E-state index in [0.717, 1.165) is 37.8 Å². The van der Waals surface area contributed by atoms with Gasteiger partial charge in [-0.3, -0.25) is 4.79 Å². The van der Waals surface area contributed by atoms with Crippen molar-refractivity contribution in [3.8, 4) is 0 Å². The van der Waals surface area contributed by atoms with Crippen molar-refractivity contribution in [2.45, 2.75) is 89.6 Å². The van der Waals surface area contributed by atoms with Crippen LogP contribution in [0.5, 0.6) is 0 Å². The van der Waals surface area contributed by atoms with E-state index in [9.17, 15) is 9.90 Å². The molecule has 0 heterocycles. The van der Waals surface area contributed by atoms with Gasteiger partial charge >= 0.3 is 0 Å². The molecular weight excluding hydrogens is 396 g/mol. The fourth-order valence-corrected chi connectivity index (χ4v) is 5.00. The topological polar surface area (TPSA) is 61.4 Å². The van der Waals surface area contributed by atoms with Gasteiger partial charge in [-0.05, 0) is 60.9 Å². The van der Waals surface area contributed by atoms with Crippen LogP contribution in [0, 0.1) is 0 Å². The highest BCUT2D eigenvalue weighted by Crippen LogP contribution is 2.38. The molecule has 4 nitrogen and oxygen atoms in total. The third kappa shape index (κ3) is 6.83. The van der Waals surface area contributed by atoms with Gasteiger partial charge in [0.25, 0.3) is 0 Å². The second-order valence-corrected chi connectivity index (χ2v) is 9.75. The summed E-state index contributed by atoms with van der Waals surface area (Å²) in [6.45, 7) is 6.95. The van der Waals surface area contributed by atoms with E-state index in [0.29, 0.717) is 18.1 Å². The van der Waals surface area contributed by atoms with Crippen molar-refractivity contribution in [3.63, 3.8) is 0 Å². The number of carbonyl (C=O) groups excluding carboxylic acids is 1. The lowest BCUT2D eigenvalue weighted by atomic mass is 9.75. The lowest BCUT2D eigenvalue weighted by molar-refractivity contribution is -0.119. The SMILES string of the molecule is CC(=O)NC(CCNC1(c2cccc(C(C)C)c2)CCCCC1)CC1=CC=C(O)CC=C1. The van der Waals surface area contributed by atoms with Crippen molar-refractivity contribution in [3.05, 3.63) is 71.0 Å². The zero-order valence-corrected chi connectivity index (χ0v) is 20.0. The highest BCUT2D eigenvalue weighted by atomic mass is 16.3. The average Bonchev–Trinajstić information content (AvgIpc) is 2.98. The van der Waals surface area contributed by atoms with Gasteiger partial charge in [-0.25, -0.2) is 0 Å². The van der Waals surface area contributed by atoms with Crippen LogP contribution in [0.15, 0.2) is 59.9 Å². The zero-order valence-electron chi connectivity index (χ0n) is 20.0. The van der Waals surface area contributed by atoms with Gasteiger partial charge in [-0.15, -0.1) is 0 Å². The highest BCUT2D eigenvalue weighted by molar-refractivity contribution is 5.73. The summed E-state index contributed by atoms with van der Waals surface area (Å²) >= 11 is 0. The Bertz CT molecular complexity index is 860. The molecule has 1 aromatic rings. The first-order valence-corrected chi connectivity index (χ1v) is 12.3. The van der Waals surface area contributed by atoms with Crippen molar-refractivity contribution in [1.29, 1.82) is 0 Å². The monoisotopic (exact) mass is 436 g/mol. The van der Waals surface area contributed by atoms with Crippen LogP contribution in [0.25, 0.3) is 0 Å². The Morgan fingerprint density at radius 2 is 1.94 bits per heavy atom. The molecule has 0 radical (unpaired) electrons. The minimum atomic E-state index is 0.00334. The van der Waals surface area contributed by atoms with Crippen LogP contribution in [0.2, 0.25) is 0 Å². The van der Waals surface area contributed by atoms with Gasteiger partial charge in [0.2, 0.25) is 5.91 Å². The van der Waals surface area contributed by atoms with Crippen LogP contribution in [0.1, 0.15) is 89.2 Å². The molecule has 32 heavy (non-hydrogen) atoms. The number of allylic oxidation sites excluding steroid dienone is 4.